The molecule has 17 heteroatoms. The van der Waals surface area contributed by atoms with Crippen LogP contribution in [-0.4, -0.2) is 32.8 Å². The highest BCUT2D eigenvalue weighted by molar-refractivity contribution is 7.92. The third kappa shape index (κ3) is 9.51. The lowest BCUT2D eigenvalue weighted by Crippen LogP contribution is -2.26. The molecule has 0 atom stereocenters. The Hall–Kier alpha value is -5.00. The largest absolute Gasteiger partial charge is 0.437 e. The van der Waals surface area contributed by atoms with Crippen LogP contribution in [0.5, 0.6) is 5.75 Å². The van der Waals surface area contributed by atoms with Crippen molar-refractivity contribution in [1.29, 1.82) is 0 Å². The van der Waals surface area contributed by atoms with Crippen molar-refractivity contribution in [2.45, 2.75) is 26.6 Å². The zero-order valence-electron chi connectivity index (χ0n) is 23.3. The van der Waals surface area contributed by atoms with Gasteiger partial charge in [-0.3, -0.25) is 4.31 Å². The monoisotopic (exact) mass is 645 g/mol. The van der Waals surface area contributed by atoms with Crippen LogP contribution in [0.15, 0.2) is 83.1 Å². The average molecular weight is 646 g/mol. The number of likely N-dealkylation sites (N-methyl/N-ethyl adjacent to an activating group) is 1. The normalized spacial score (nSPS) is 12.1. The molecule has 3 aromatic rings. The number of rotatable bonds is 13. The molecule has 1 aliphatic rings. The van der Waals surface area contributed by atoms with Gasteiger partial charge in [0.25, 0.3) is 10.2 Å². The van der Waals surface area contributed by atoms with Gasteiger partial charge in [-0.05, 0) is 54.3 Å². The van der Waals surface area contributed by atoms with Gasteiger partial charge in [0.15, 0.2) is 0 Å². The number of allylic oxidation sites excluding steroid dienone is 5. The summed E-state index contributed by atoms with van der Waals surface area (Å²) < 4.78 is 17.5. The molecule has 0 saturated carbocycles. The zero-order chi connectivity index (χ0) is 30.8. The summed E-state index contributed by atoms with van der Waals surface area (Å²) in [5, 5.41) is 23.3. The molecule has 15 nitrogen and oxygen atoms in total. The summed E-state index contributed by atoms with van der Waals surface area (Å²) in [6, 6.07) is 13.7. The SMILES string of the molecule is Cc1onc(-c2ccccc2)c1C1=CC=C(N(C)SONC(=O)Oc2cc(CO[N+](=O)[O-])cc(CO[N+](=O)[O-])c2)C=CC1.S. The fraction of sp³-hybridized carbons (Fsp3) is 0.185. The summed E-state index contributed by atoms with van der Waals surface area (Å²) >= 11 is 0.814. The first-order chi connectivity index (χ1) is 20.7. The van der Waals surface area contributed by atoms with Crippen molar-refractivity contribution >= 4 is 37.4 Å². The van der Waals surface area contributed by atoms with E-state index in [9.17, 15) is 25.0 Å². The Morgan fingerprint density at radius 1 is 1.07 bits per heavy atom. The van der Waals surface area contributed by atoms with Crippen LogP contribution in [0.1, 0.15) is 28.9 Å². The second-order valence-corrected chi connectivity index (χ2v) is 9.71. The number of carbonyl (C=O) groups excluding carboxylic acids is 1. The van der Waals surface area contributed by atoms with Crippen molar-refractivity contribution in [1.82, 2.24) is 14.9 Å². The van der Waals surface area contributed by atoms with Gasteiger partial charge >= 0.3 is 6.09 Å². The van der Waals surface area contributed by atoms with E-state index in [0.717, 1.165) is 40.3 Å². The van der Waals surface area contributed by atoms with Crippen molar-refractivity contribution < 1.29 is 38.2 Å². The molecule has 0 saturated heterocycles. The number of hydroxylamine groups is 1. The number of aryl methyl sites for hydroxylation is 1. The van der Waals surface area contributed by atoms with Gasteiger partial charge in [-0.25, -0.2) is 4.79 Å². The van der Waals surface area contributed by atoms with Crippen LogP contribution in [0.25, 0.3) is 16.8 Å². The van der Waals surface area contributed by atoms with E-state index in [1.807, 2.05) is 61.6 Å². The number of nitrogens with one attached hydrogen (secondary N) is 1. The number of carbonyl (C=O) groups is 1. The molecule has 232 valence electrons. The maximum absolute atomic E-state index is 12.3. The molecule has 0 fully saturated rings. The standard InChI is InChI=1S/C27H25N5O10S.H2S/c1-18-25(26(28-41-18)22-7-4-3-5-8-22)21-9-6-10-23(12-11-21)30(2)43-42-29-27(33)40-24-14-19(16-38-31(34)35)13-20(15-24)17-39-32(36)37;/h3-8,10-15H,9,16-17H2,1-2H3,(H,29,33);1H2. The fourth-order valence-electron chi connectivity index (χ4n) is 4.04. The van der Waals surface area contributed by atoms with Gasteiger partial charge in [-0.1, -0.05) is 53.7 Å². The molecule has 0 bridgehead atoms. The number of hydrogen-bond acceptors (Lipinski definition) is 13. The van der Waals surface area contributed by atoms with Gasteiger partial charge in [0, 0.05) is 23.9 Å². The van der Waals surface area contributed by atoms with Crippen molar-refractivity contribution in [2.75, 3.05) is 7.05 Å². The van der Waals surface area contributed by atoms with Crippen LogP contribution in [-0.2, 0) is 27.2 Å². The average Bonchev–Trinajstić information content (AvgIpc) is 3.19. The highest BCUT2D eigenvalue weighted by atomic mass is 32.2. The second-order valence-electron chi connectivity index (χ2n) is 8.84. The summed E-state index contributed by atoms with van der Waals surface area (Å²) in [6.07, 6.45) is 7.36. The van der Waals surface area contributed by atoms with Gasteiger partial charge in [0.05, 0.1) is 0 Å². The molecule has 44 heavy (non-hydrogen) atoms. The van der Waals surface area contributed by atoms with Crippen molar-refractivity contribution in [3.8, 4) is 17.0 Å². The molecule has 1 amide bonds. The predicted octanol–water partition coefficient (Wildman–Crippen LogP) is 5.62. The lowest BCUT2D eigenvalue weighted by atomic mass is 9.97. The van der Waals surface area contributed by atoms with Crippen LogP contribution < -0.4 is 10.2 Å². The number of aromatic nitrogens is 1. The molecule has 0 radical (unpaired) electrons. The minimum atomic E-state index is -1.02. The number of hydrogen-bond donors (Lipinski definition) is 1. The molecule has 4 rings (SSSR count). The Kier molecular flexibility index (Phi) is 12.2. The van der Waals surface area contributed by atoms with Crippen LogP contribution in [0.4, 0.5) is 4.79 Å². The zero-order valence-corrected chi connectivity index (χ0v) is 25.1. The Morgan fingerprint density at radius 3 is 2.36 bits per heavy atom. The summed E-state index contributed by atoms with van der Waals surface area (Å²) in [6.45, 7) is 0.919. The number of nitrogens with zero attached hydrogens (tertiary/aromatic N) is 4. The first-order valence-corrected chi connectivity index (χ1v) is 13.2. The smallest absolute Gasteiger partial charge is 0.409 e. The first kappa shape index (κ1) is 33.5. The summed E-state index contributed by atoms with van der Waals surface area (Å²) in [7, 11) is 1.73. The maximum Gasteiger partial charge on any atom is 0.437 e. The minimum Gasteiger partial charge on any atom is -0.409 e. The van der Waals surface area contributed by atoms with Gasteiger partial charge < -0.3 is 18.9 Å². The third-order valence-corrected chi connectivity index (χ3v) is 6.45. The van der Waals surface area contributed by atoms with E-state index in [-0.39, 0.29) is 30.4 Å². The number of ether oxygens (including phenoxy) is 1. The highest BCUT2D eigenvalue weighted by Crippen LogP contribution is 2.34. The third-order valence-electron chi connectivity index (χ3n) is 5.86. The molecule has 1 N–H and O–H groups in total. The molecular weight excluding hydrogens is 618 g/mol. The van der Waals surface area contributed by atoms with E-state index in [1.54, 1.807) is 11.4 Å². The van der Waals surface area contributed by atoms with Crippen molar-refractivity contribution in [3.05, 3.63) is 121 Å². The van der Waals surface area contributed by atoms with E-state index in [2.05, 4.69) is 20.3 Å². The topological polar surface area (TPSA) is 182 Å². The van der Waals surface area contributed by atoms with Crippen molar-refractivity contribution in [3.63, 3.8) is 0 Å². The molecule has 1 heterocycles. The Balaban J connectivity index is 0.00000529. The summed E-state index contributed by atoms with van der Waals surface area (Å²) in [5.41, 5.74) is 6.96. The Labute approximate surface area is 262 Å². The second kappa shape index (κ2) is 16.0. The van der Waals surface area contributed by atoms with Gasteiger partial charge in [0.1, 0.15) is 42.6 Å². The van der Waals surface area contributed by atoms with E-state index >= 15 is 0 Å². The maximum atomic E-state index is 12.3. The van der Waals surface area contributed by atoms with Crippen molar-refractivity contribution in [2.24, 2.45) is 0 Å². The first-order valence-electron chi connectivity index (χ1n) is 12.5. The summed E-state index contributed by atoms with van der Waals surface area (Å²) in [5.74, 6) is 0.634. The molecule has 0 unspecified atom stereocenters. The fourth-order valence-corrected chi connectivity index (χ4v) is 4.47. The van der Waals surface area contributed by atoms with Gasteiger partial charge in [-0.2, -0.15) is 23.3 Å². The van der Waals surface area contributed by atoms with Crippen LogP contribution in [0, 0.1) is 27.2 Å². The highest BCUT2D eigenvalue weighted by Gasteiger charge is 2.19. The van der Waals surface area contributed by atoms with E-state index < -0.39 is 29.5 Å². The van der Waals surface area contributed by atoms with Crippen LogP contribution in [0.3, 0.4) is 0 Å². The molecule has 2 aromatic carbocycles. The predicted molar refractivity (Wildman–Crippen MR) is 162 cm³/mol. The summed E-state index contributed by atoms with van der Waals surface area (Å²) in [4.78, 5) is 42.0. The van der Waals surface area contributed by atoms with E-state index in [0.29, 0.717) is 12.2 Å². The van der Waals surface area contributed by atoms with E-state index in [4.69, 9.17) is 13.5 Å². The molecule has 1 aliphatic carbocycles. The quantitative estimate of drug-likeness (QED) is 0.105. The Morgan fingerprint density at radius 2 is 1.73 bits per heavy atom. The van der Waals surface area contributed by atoms with Gasteiger partial charge in [0.2, 0.25) is 0 Å². The molecular formula is C27H27N5O10S2. The number of amides is 1. The minimum absolute atomic E-state index is 0. The molecule has 0 spiro atoms. The number of benzene rings is 2. The lowest BCUT2D eigenvalue weighted by Gasteiger charge is -2.17. The van der Waals surface area contributed by atoms with E-state index in [1.165, 1.54) is 18.2 Å². The lowest BCUT2D eigenvalue weighted by molar-refractivity contribution is -0.763. The molecule has 0 aliphatic heterocycles. The van der Waals surface area contributed by atoms with Crippen LogP contribution in [0.2, 0.25) is 0 Å². The van der Waals surface area contributed by atoms with Crippen LogP contribution >= 0.6 is 25.7 Å². The van der Waals surface area contributed by atoms with Gasteiger partial charge in [-0.15, -0.1) is 20.2 Å². The molecule has 1 aromatic heterocycles. The Bertz CT molecular complexity index is 1540.